The summed E-state index contributed by atoms with van der Waals surface area (Å²) in [5, 5.41) is 1.25. The minimum atomic E-state index is -3.76. The van der Waals surface area contributed by atoms with Crippen molar-refractivity contribution >= 4 is 32.5 Å². The SMILES string of the molecule is O=C(c1cccc(S(=O)(=O)N2CCCc3ccccc32)c1)N1CCC(c2c[nH]c3ccccc23)CC1. The van der Waals surface area contributed by atoms with Gasteiger partial charge in [0.25, 0.3) is 15.9 Å². The van der Waals surface area contributed by atoms with Crippen LogP contribution in [0.15, 0.2) is 83.9 Å². The highest BCUT2D eigenvalue weighted by atomic mass is 32.2. The van der Waals surface area contributed by atoms with Crippen molar-refractivity contribution in [3.63, 3.8) is 0 Å². The molecule has 1 fully saturated rings. The third kappa shape index (κ3) is 3.97. The Labute approximate surface area is 211 Å². The van der Waals surface area contributed by atoms with Gasteiger partial charge < -0.3 is 9.88 Å². The highest BCUT2D eigenvalue weighted by Crippen LogP contribution is 2.34. The molecular weight excluding hydrogens is 470 g/mol. The lowest BCUT2D eigenvalue weighted by molar-refractivity contribution is 0.0713. The van der Waals surface area contributed by atoms with E-state index in [1.54, 1.807) is 24.3 Å². The Morgan fingerprint density at radius 3 is 2.53 bits per heavy atom. The summed E-state index contributed by atoms with van der Waals surface area (Å²) in [5.41, 5.74) is 4.65. The molecular formula is C29H29N3O3S. The van der Waals surface area contributed by atoms with Crippen molar-refractivity contribution in [2.24, 2.45) is 0 Å². The molecule has 0 saturated carbocycles. The summed E-state index contributed by atoms with van der Waals surface area (Å²) in [7, 11) is -3.76. The van der Waals surface area contributed by atoms with E-state index < -0.39 is 10.0 Å². The average Bonchev–Trinajstić information content (AvgIpc) is 3.37. The summed E-state index contributed by atoms with van der Waals surface area (Å²) >= 11 is 0. The van der Waals surface area contributed by atoms with Crippen molar-refractivity contribution in [3.05, 3.63) is 95.7 Å². The lowest BCUT2D eigenvalue weighted by atomic mass is 9.89. The second kappa shape index (κ2) is 9.13. The van der Waals surface area contributed by atoms with Crippen molar-refractivity contribution in [2.45, 2.75) is 36.5 Å². The van der Waals surface area contributed by atoms with Gasteiger partial charge in [0.05, 0.1) is 10.6 Å². The van der Waals surface area contributed by atoms with E-state index in [-0.39, 0.29) is 10.8 Å². The van der Waals surface area contributed by atoms with Gasteiger partial charge in [-0.25, -0.2) is 8.42 Å². The molecule has 0 unspecified atom stereocenters. The van der Waals surface area contributed by atoms with Crippen molar-refractivity contribution in [3.8, 4) is 0 Å². The molecule has 0 bridgehead atoms. The van der Waals surface area contributed by atoms with Crippen LogP contribution in [0, 0.1) is 0 Å². The summed E-state index contributed by atoms with van der Waals surface area (Å²) in [4.78, 5) is 18.7. The molecule has 1 saturated heterocycles. The molecule has 0 radical (unpaired) electrons. The predicted molar refractivity (Wildman–Crippen MR) is 142 cm³/mol. The fourth-order valence-corrected chi connectivity index (χ4v) is 7.26. The fraction of sp³-hybridized carbons (Fsp3) is 0.276. The Morgan fingerprint density at radius 2 is 1.67 bits per heavy atom. The molecule has 1 N–H and O–H groups in total. The number of aromatic nitrogens is 1. The summed E-state index contributed by atoms with van der Waals surface area (Å²) in [5.74, 6) is 0.291. The number of H-pyrrole nitrogens is 1. The number of carbonyl (C=O) groups is 1. The van der Waals surface area contributed by atoms with Gasteiger partial charge in [0.1, 0.15) is 0 Å². The van der Waals surface area contributed by atoms with Crippen LogP contribution in [-0.4, -0.2) is 43.8 Å². The number of rotatable bonds is 4. The number of nitrogens with zero attached hydrogens (tertiary/aromatic N) is 2. The van der Waals surface area contributed by atoms with Crippen molar-refractivity contribution in [2.75, 3.05) is 23.9 Å². The van der Waals surface area contributed by atoms with Crippen LogP contribution in [0.1, 0.15) is 46.7 Å². The number of nitrogens with one attached hydrogen (secondary N) is 1. The zero-order valence-corrected chi connectivity index (χ0v) is 20.9. The van der Waals surface area contributed by atoms with E-state index in [0.717, 1.165) is 42.5 Å². The van der Waals surface area contributed by atoms with Crippen LogP contribution in [0.2, 0.25) is 0 Å². The number of fused-ring (bicyclic) bond motifs is 2. The Hall–Kier alpha value is -3.58. The van der Waals surface area contributed by atoms with Crippen molar-refractivity contribution in [1.29, 1.82) is 0 Å². The number of likely N-dealkylation sites (tertiary alicyclic amines) is 1. The standard InChI is InChI=1S/C29H29N3O3S/c33-29(31-17-14-21(15-18-31)26-20-30-27-12-3-2-11-25(26)27)23-8-5-10-24(19-23)36(34,35)32-16-6-9-22-7-1-4-13-28(22)32/h1-5,7-8,10-13,19-21,30H,6,9,14-18H2. The van der Waals surface area contributed by atoms with Gasteiger partial charge in [-0.3, -0.25) is 9.10 Å². The Kier molecular flexibility index (Phi) is 5.80. The first-order chi connectivity index (χ1) is 17.5. The van der Waals surface area contributed by atoms with Gasteiger partial charge in [-0.2, -0.15) is 0 Å². The Bertz CT molecular complexity index is 1530. The predicted octanol–water partition coefficient (Wildman–Crippen LogP) is 5.33. The number of anilines is 1. The van der Waals surface area contributed by atoms with Gasteiger partial charge >= 0.3 is 0 Å². The highest BCUT2D eigenvalue weighted by Gasteiger charge is 2.31. The number of aromatic amines is 1. The zero-order chi connectivity index (χ0) is 24.7. The van der Waals surface area contributed by atoms with E-state index in [2.05, 4.69) is 29.4 Å². The molecule has 0 spiro atoms. The topological polar surface area (TPSA) is 73.5 Å². The molecule has 1 aromatic heterocycles. The number of piperidine rings is 1. The van der Waals surface area contributed by atoms with Gasteiger partial charge in [0.2, 0.25) is 0 Å². The molecule has 0 aliphatic carbocycles. The molecule has 36 heavy (non-hydrogen) atoms. The van der Waals surface area contributed by atoms with Gasteiger partial charge in [-0.15, -0.1) is 0 Å². The molecule has 2 aliphatic heterocycles. The third-order valence-electron chi connectivity index (χ3n) is 7.58. The lowest BCUT2D eigenvalue weighted by Crippen LogP contribution is -2.38. The summed E-state index contributed by atoms with van der Waals surface area (Å²) in [6, 6.07) is 22.5. The molecule has 184 valence electrons. The minimum absolute atomic E-state index is 0.108. The van der Waals surface area contributed by atoms with E-state index in [4.69, 9.17) is 0 Å². The van der Waals surface area contributed by atoms with E-state index in [9.17, 15) is 13.2 Å². The van der Waals surface area contributed by atoms with Crippen LogP contribution < -0.4 is 4.31 Å². The zero-order valence-electron chi connectivity index (χ0n) is 20.1. The van der Waals surface area contributed by atoms with E-state index in [1.165, 1.54) is 15.3 Å². The number of carbonyl (C=O) groups excluding carboxylic acids is 1. The number of amides is 1. The summed E-state index contributed by atoms with van der Waals surface area (Å²) in [6.45, 7) is 1.75. The molecule has 1 amide bonds. The molecule has 7 heteroatoms. The average molecular weight is 500 g/mol. The molecule has 2 aliphatic rings. The van der Waals surface area contributed by atoms with Gasteiger partial charge in [-0.1, -0.05) is 42.5 Å². The summed E-state index contributed by atoms with van der Waals surface area (Å²) < 4.78 is 28.6. The number of hydrogen-bond donors (Lipinski definition) is 1. The van der Waals surface area contributed by atoms with Crippen LogP contribution >= 0.6 is 0 Å². The maximum Gasteiger partial charge on any atom is 0.264 e. The van der Waals surface area contributed by atoms with E-state index in [0.29, 0.717) is 31.1 Å². The second-order valence-corrected chi connectivity index (χ2v) is 11.6. The normalized spacial score (nSPS) is 16.8. The Balaban J connectivity index is 1.20. The first-order valence-corrected chi connectivity index (χ1v) is 14.0. The summed E-state index contributed by atoms with van der Waals surface area (Å²) in [6.07, 6.45) is 5.52. The van der Waals surface area contributed by atoms with E-state index in [1.807, 2.05) is 35.2 Å². The number of hydrogen-bond acceptors (Lipinski definition) is 3. The van der Waals surface area contributed by atoms with E-state index >= 15 is 0 Å². The number of para-hydroxylation sites is 2. The molecule has 6 rings (SSSR count). The molecule has 4 aromatic rings. The van der Waals surface area contributed by atoms with Crippen LogP contribution in [0.3, 0.4) is 0 Å². The van der Waals surface area contributed by atoms with Gasteiger partial charge in [-0.05, 0) is 73.1 Å². The van der Waals surface area contributed by atoms with Crippen LogP contribution in [-0.2, 0) is 16.4 Å². The monoisotopic (exact) mass is 499 g/mol. The lowest BCUT2D eigenvalue weighted by Gasteiger charge is -2.32. The van der Waals surface area contributed by atoms with Crippen molar-refractivity contribution in [1.82, 2.24) is 9.88 Å². The third-order valence-corrected chi connectivity index (χ3v) is 9.39. The first kappa shape index (κ1) is 22.9. The van der Waals surface area contributed by atoms with Crippen molar-refractivity contribution < 1.29 is 13.2 Å². The molecule has 6 nitrogen and oxygen atoms in total. The number of aryl methyl sites for hydroxylation is 1. The number of sulfonamides is 1. The Morgan fingerprint density at radius 1 is 0.889 bits per heavy atom. The second-order valence-electron chi connectivity index (χ2n) is 9.69. The highest BCUT2D eigenvalue weighted by molar-refractivity contribution is 7.92. The quantitative estimate of drug-likeness (QED) is 0.413. The molecule has 3 heterocycles. The maximum absolute atomic E-state index is 13.6. The first-order valence-electron chi connectivity index (χ1n) is 12.6. The molecule has 3 aromatic carbocycles. The minimum Gasteiger partial charge on any atom is -0.361 e. The van der Waals surface area contributed by atoms with Crippen LogP contribution in [0.25, 0.3) is 10.9 Å². The van der Waals surface area contributed by atoms with Gasteiger partial charge in [0.15, 0.2) is 0 Å². The van der Waals surface area contributed by atoms with Crippen LogP contribution in [0.5, 0.6) is 0 Å². The number of benzene rings is 3. The van der Waals surface area contributed by atoms with Gasteiger partial charge in [0, 0.05) is 42.3 Å². The molecule has 0 atom stereocenters. The fourth-order valence-electron chi connectivity index (χ4n) is 5.67. The smallest absolute Gasteiger partial charge is 0.264 e. The maximum atomic E-state index is 13.6. The largest absolute Gasteiger partial charge is 0.361 e. The van der Waals surface area contributed by atoms with Crippen LogP contribution in [0.4, 0.5) is 5.69 Å².